The van der Waals surface area contributed by atoms with Crippen LogP contribution in [-0.4, -0.2) is 38.7 Å². The number of benzene rings is 1. The standard InChI is InChI=1S/C13H14N4O/c18-13(16-6-1-2-7-16)11-4-3-5-12(8-11)17-10-14-9-15-17/h3-5,8-10H,1-2,6-7H2. The summed E-state index contributed by atoms with van der Waals surface area (Å²) in [6.45, 7) is 1.73. The van der Waals surface area contributed by atoms with Crippen molar-refractivity contribution in [2.45, 2.75) is 12.8 Å². The van der Waals surface area contributed by atoms with Crippen molar-refractivity contribution in [1.82, 2.24) is 19.7 Å². The van der Waals surface area contributed by atoms with Crippen molar-refractivity contribution < 1.29 is 4.79 Å². The Bertz CT molecular complexity index is 544. The Morgan fingerprint density at radius 3 is 2.78 bits per heavy atom. The average Bonchev–Trinajstić information content (AvgIpc) is 3.11. The predicted octanol–water partition coefficient (Wildman–Crippen LogP) is 1.50. The zero-order chi connectivity index (χ0) is 12.4. The molecule has 0 aliphatic carbocycles. The molecule has 3 rings (SSSR count). The molecular formula is C13H14N4O. The van der Waals surface area contributed by atoms with Crippen LogP contribution in [0.3, 0.4) is 0 Å². The van der Waals surface area contributed by atoms with E-state index < -0.39 is 0 Å². The molecule has 1 aromatic heterocycles. The van der Waals surface area contributed by atoms with Crippen LogP contribution in [0.15, 0.2) is 36.9 Å². The number of carbonyl (C=O) groups is 1. The Kier molecular flexibility index (Phi) is 2.80. The number of rotatable bonds is 2. The topological polar surface area (TPSA) is 51.0 Å². The van der Waals surface area contributed by atoms with Crippen LogP contribution >= 0.6 is 0 Å². The lowest BCUT2D eigenvalue weighted by Gasteiger charge is -2.15. The van der Waals surface area contributed by atoms with Gasteiger partial charge in [0.05, 0.1) is 5.69 Å². The second-order valence-corrected chi connectivity index (χ2v) is 4.39. The van der Waals surface area contributed by atoms with Crippen molar-refractivity contribution in [1.29, 1.82) is 0 Å². The molecule has 2 heterocycles. The average molecular weight is 242 g/mol. The molecule has 0 N–H and O–H groups in total. The van der Waals surface area contributed by atoms with E-state index in [9.17, 15) is 4.79 Å². The molecule has 1 aliphatic heterocycles. The van der Waals surface area contributed by atoms with Crippen LogP contribution in [0.2, 0.25) is 0 Å². The molecule has 18 heavy (non-hydrogen) atoms. The highest BCUT2D eigenvalue weighted by Crippen LogP contribution is 2.15. The van der Waals surface area contributed by atoms with Crippen molar-refractivity contribution in [3.8, 4) is 5.69 Å². The maximum absolute atomic E-state index is 12.2. The van der Waals surface area contributed by atoms with Gasteiger partial charge < -0.3 is 4.90 Å². The van der Waals surface area contributed by atoms with Gasteiger partial charge in [-0.15, -0.1) is 0 Å². The molecule has 2 aromatic rings. The zero-order valence-corrected chi connectivity index (χ0v) is 9.99. The highest BCUT2D eigenvalue weighted by atomic mass is 16.2. The van der Waals surface area contributed by atoms with E-state index in [2.05, 4.69) is 10.1 Å². The van der Waals surface area contributed by atoms with E-state index >= 15 is 0 Å². The molecular weight excluding hydrogens is 228 g/mol. The number of nitrogens with zero attached hydrogens (tertiary/aromatic N) is 4. The third kappa shape index (κ3) is 1.99. The van der Waals surface area contributed by atoms with Crippen molar-refractivity contribution >= 4 is 5.91 Å². The molecule has 0 unspecified atom stereocenters. The molecule has 0 radical (unpaired) electrons. The van der Waals surface area contributed by atoms with Crippen LogP contribution < -0.4 is 0 Å². The lowest BCUT2D eigenvalue weighted by atomic mass is 10.2. The first kappa shape index (κ1) is 11.0. The minimum absolute atomic E-state index is 0.106. The SMILES string of the molecule is O=C(c1cccc(-n2cncn2)c1)N1CCCC1. The van der Waals surface area contributed by atoms with Gasteiger partial charge in [-0.3, -0.25) is 4.79 Å². The van der Waals surface area contributed by atoms with Crippen LogP contribution in [0.5, 0.6) is 0 Å². The van der Waals surface area contributed by atoms with Gasteiger partial charge >= 0.3 is 0 Å². The van der Waals surface area contributed by atoms with Crippen LogP contribution in [0.25, 0.3) is 5.69 Å². The quantitative estimate of drug-likeness (QED) is 0.802. The van der Waals surface area contributed by atoms with Crippen molar-refractivity contribution in [3.63, 3.8) is 0 Å². The van der Waals surface area contributed by atoms with Crippen LogP contribution in [-0.2, 0) is 0 Å². The summed E-state index contributed by atoms with van der Waals surface area (Å²) in [5, 5.41) is 4.07. The number of amides is 1. The van der Waals surface area contributed by atoms with E-state index in [1.165, 1.54) is 6.33 Å². The maximum Gasteiger partial charge on any atom is 0.253 e. The highest BCUT2D eigenvalue weighted by molar-refractivity contribution is 5.94. The largest absolute Gasteiger partial charge is 0.339 e. The fraction of sp³-hybridized carbons (Fsp3) is 0.308. The molecule has 5 heteroatoms. The third-order valence-corrected chi connectivity index (χ3v) is 3.17. The van der Waals surface area contributed by atoms with Gasteiger partial charge in [-0.05, 0) is 31.0 Å². The zero-order valence-electron chi connectivity index (χ0n) is 9.99. The van der Waals surface area contributed by atoms with Gasteiger partial charge in [0.2, 0.25) is 0 Å². The number of hydrogen-bond acceptors (Lipinski definition) is 3. The normalized spacial score (nSPS) is 15.0. The van der Waals surface area contributed by atoms with E-state index in [0.717, 1.165) is 31.6 Å². The van der Waals surface area contributed by atoms with Gasteiger partial charge in [-0.2, -0.15) is 5.10 Å². The van der Waals surface area contributed by atoms with Crippen LogP contribution in [0, 0.1) is 0 Å². The monoisotopic (exact) mass is 242 g/mol. The van der Waals surface area contributed by atoms with Gasteiger partial charge in [-0.1, -0.05) is 6.07 Å². The Morgan fingerprint density at radius 2 is 2.06 bits per heavy atom. The summed E-state index contributed by atoms with van der Waals surface area (Å²) in [5.74, 6) is 0.106. The van der Waals surface area contributed by atoms with E-state index in [-0.39, 0.29) is 5.91 Å². The van der Waals surface area contributed by atoms with Crippen molar-refractivity contribution in [2.24, 2.45) is 0 Å². The van der Waals surface area contributed by atoms with Gasteiger partial charge in [0.15, 0.2) is 0 Å². The van der Waals surface area contributed by atoms with Gasteiger partial charge in [0.1, 0.15) is 12.7 Å². The van der Waals surface area contributed by atoms with E-state index in [0.29, 0.717) is 5.56 Å². The summed E-state index contributed by atoms with van der Waals surface area (Å²) >= 11 is 0. The molecule has 1 amide bonds. The van der Waals surface area contributed by atoms with Gasteiger partial charge in [-0.25, -0.2) is 9.67 Å². The first-order valence-electron chi connectivity index (χ1n) is 6.09. The summed E-state index contributed by atoms with van der Waals surface area (Å²) in [6, 6.07) is 7.49. The van der Waals surface area contributed by atoms with E-state index in [1.54, 1.807) is 11.0 Å². The lowest BCUT2D eigenvalue weighted by molar-refractivity contribution is 0.0793. The first-order chi connectivity index (χ1) is 8.84. The van der Waals surface area contributed by atoms with E-state index in [1.807, 2.05) is 29.2 Å². The van der Waals surface area contributed by atoms with Crippen LogP contribution in [0.1, 0.15) is 23.2 Å². The number of aromatic nitrogens is 3. The summed E-state index contributed by atoms with van der Waals surface area (Å²) in [4.78, 5) is 18.1. The molecule has 92 valence electrons. The molecule has 0 spiro atoms. The summed E-state index contributed by atoms with van der Waals surface area (Å²) in [5.41, 5.74) is 1.57. The lowest BCUT2D eigenvalue weighted by Crippen LogP contribution is -2.27. The fourth-order valence-corrected chi connectivity index (χ4v) is 2.23. The third-order valence-electron chi connectivity index (χ3n) is 3.17. The fourth-order valence-electron chi connectivity index (χ4n) is 2.23. The number of likely N-dealkylation sites (tertiary alicyclic amines) is 1. The van der Waals surface area contributed by atoms with Gasteiger partial charge in [0.25, 0.3) is 5.91 Å². The molecule has 0 saturated carbocycles. The molecule has 5 nitrogen and oxygen atoms in total. The van der Waals surface area contributed by atoms with Crippen molar-refractivity contribution in [2.75, 3.05) is 13.1 Å². The summed E-state index contributed by atoms with van der Waals surface area (Å²) < 4.78 is 1.65. The highest BCUT2D eigenvalue weighted by Gasteiger charge is 2.19. The van der Waals surface area contributed by atoms with Crippen molar-refractivity contribution in [3.05, 3.63) is 42.5 Å². The summed E-state index contributed by atoms with van der Waals surface area (Å²) in [6.07, 6.45) is 5.32. The number of carbonyl (C=O) groups excluding carboxylic acids is 1. The molecule has 0 atom stereocenters. The minimum atomic E-state index is 0.106. The van der Waals surface area contributed by atoms with Gasteiger partial charge in [0, 0.05) is 18.7 Å². The Hall–Kier alpha value is -2.17. The Balaban J connectivity index is 1.89. The maximum atomic E-state index is 12.2. The smallest absolute Gasteiger partial charge is 0.253 e. The predicted molar refractivity (Wildman–Crippen MR) is 66.5 cm³/mol. The Labute approximate surface area is 105 Å². The molecule has 1 fully saturated rings. The first-order valence-corrected chi connectivity index (χ1v) is 6.09. The second kappa shape index (κ2) is 4.60. The van der Waals surface area contributed by atoms with E-state index in [4.69, 9.17) is 0 Å². The molecule has 1 aromatic carbocycles. The molecule has 1 saturated heterocycles. The second-order valence-electron chi connectivity index (χ2n) is 4.39. The molecule has 0 bridgehead atoms. The summed E-state index contributed by atoms with van der Waals surface area (Å²) in [7, 11) is 0. The Morgan fingerprint density at radius 1 is 1.22 bits per heavy atom. The molecule has 1 aliphatic rings. The number of hydrogen-bond donors (Lipinski definition) is 0. The minimum Gasteiger partial charge on any atom is -0.339 e. The van der Waals surface area contributed by atoms with Crippen LogP contribution in [0.4, 0.5) is 0 Å².